The topological polar surface area (TPSA) is 54.7 Å². The third kappa shape index (κ3) is 2.89. The standard InChI is InChI=1S/C13H15ClFN3/c1-8(6-16)4-13-17-7-12(18-13)10-5-9(14)2-3-11(10)15/h2-3,5,7-8H,4,6,16H2,1H3,(H,17,18). The van der Waals surface area contributed by atoms with Crippen molar-refractivity contribution in [3.63, 3.8) is 0 Å². The van der Waals surface area contributed by atoms with Crippen LogP contribution >= 0.6 is 11.6 Å². The number of halogens is 2. The Bertz CT molecular complexity index is 539. The molecule has 0 aliphatic rings. The molecule has 0 spiro atoms. The molecule has 1 atom stereocenters. The molecule has 0 radical (unpaired) electrons. The fraction of sp³-hybridized carbons (Fsp3) is 0.308. The Labute approximate surface area is 110 Å². The molecule has 0 saturated heterocycles. The second-order valence-electron chi connectivity index (χ2n) is 4.41. The van der Waals surface area contributed by atoms with Crippen molar-refractivity contribution in [1.82, 2.24) is 9.97 Å². The number of nitrogens with zero attached hydrogens (tertiary/aromatic N) is 1. The van der Waals surface area contributed by atoms with Crippen LogP contribution in [0.25, 0.3) is 11.3 Å². The van der Waals surface area contributed by atoms with Crippen LogP contribution in [0.2, 0.25) is 5.02 Å². The van der Waals surface area contributed by atoms with E-state index in [2.05, 4.69) is 9.97 Å². The van der Waals surface area contributed by atoms with Gasteiger partial charge in [-0.2, -0.15) is 0 Å². The van der Waals surface area contributed by atoms with E-state index in [0.29, 0.717) is 28.7 Å². The Balaban J connectivity index is 2.26. The van der Waals surface area contributed by atoms with Crippen molar-refractivity contribution < 1.29 is 4.39 Å². The average molecular weight is 268 g/mol. The van der Waals surface area contributed by atoms with Gasteiger partial charge in [0.25, 0.3) is 0 Å². The fourth-order valence-electron chi connectivity index (χ4n) is 1.72. The zero-order chi connectivity index (χ0) is 13.1. The number of rotatable bonds is 4. The maximum Gasteiger partial charge on any atom is 0.132 e. The Morgan fingerprint density at radius 2 is 2.28 bits per heavy atom. The lowest BCUT2D eigenvalue weighted by molar-refractivity contribution is 0.577. The average Bonchev–Trinajstić information content (AvgIpc) is 2.80. The van der Waals surface area contributed by atoms with E-state index < -0.39 is 0 Å². The summed E-state index contributed by atoms with van der Waals surface area (Å²) in [5.74, 6) is 0.831. The van der Waals surface area contributed by atoms with E-state index in [1.54, 1.807) is 12.3 Å². The molecule has 18 heavy (non-hydrogen) atoms. The monoisotopic (exact) mass is 267 g/mol. The summed E-state index contributed by atoms with van der Waals surface area (Å²) in [5, 5.41) is 0.498. The lowest BCUT2D eigenvalue weighted by Crippen LogP contribution is -2.13. The predicted octanol–water partition coefficient (Wildman–Crippen LogP) is 3.01. The van der Waals surface area contributed by atoms with Crippen LogP contribution in [-0.2, 0) is 6.42 Å². The molecule has 0 aliphatic carbocycles. The first-order chi connectivity index (χ1) is 8.60. The first-order valence-corrected chi connectivity index (χ1v) is 6.17. The maximum absolute atomic E-state index is 13.7. The first-order valence-electron chi connectivity index (χ1n) is 5.79. The number of nitrogens with one attached hydrogen (secondary N) is 1. The molecule has 0 fully saturated rings. The van der Waals surface area contributed by atoms with Gasteiger partial charge < -0.3 is 10.7 Å². The molecule has 1 unspecified atom stereocenters. The van der Waals surface area contributed by atoms with Gasteiger partial charge in [-0.15, -0.1) is 0 Å². The predicted molar refractivity (Wildman–Crippen MR) is 70.9 cm³/mol. The summed E-state index contributed by atoms with van der Waals surface area (Å²) >= 11 is 5.86. The molecular formula is C13H15ClFN3. The van der Waals surface area contributed by atoms with Crippen LogP contribution < -0.4 is 5.73 Å². The van der Waals surface area contributed by atoms with E-state index in [0.717, 1.165) is 12.2 Å². The summed E-state index contributed by atoms with van der Waals surface area (Å²) in [5.41, 5.74) is 6.63. The van der Waals surface area contributed by atoms with Gasteiger partial charge in [0.1, 0.15) is 11.6 Å². The number of hydrogen-bond donors (Lipinski definition) is 2. The second kappa shape index (κ2) is 5.50. The van der Waals surface area contributed by atoms with Gasteiger partial charge in [0, 0.05) is 17.0 Å². The highest BCUT2D eigenvalue weighted by Crippen LogP contribution is 2.24. The molecular weight excluding hydrogens is 253 g/mol. The summed E-state index contributed by atoms with van der Waals surface area (Å²) in [7, 11) is 0. The summed E-state index contributed by atoms with van der Waals surface area (Å²) < 4.78 is 13.7. The fourth-order valence-corrected chi connectivity index (χ4v) is 1.89. The molecule has 3 N–H and O–H groups in total. The van der Waals surface area contributed by atoms with Crippen molar-refractivity contribution in [3.05, 3.63) is 41.1 Å². The van der Waals surface area contributed by atoms with Gasteiger partial charge in [-0.05, 0) is 30.7 Å². The summed E-state index contributed by atoms with van der Waals surface area (Å²) in [6.07, 6.45) is 2.37. The van der Waals surface area contributed by atoms with Crippen LogP contribution in [0.3, 0.4) is 0 Å². The Morgan fingerprint density at radius 3 is 3.00 bits per heavy atom. The second-order valence-corrected chi connectivity index (χ2v) is 4.85. The molecule has 2 rings (SSSR count). The molecule has 0 aliphatic heterocycles. The highest BCUT2D eigenvalue weighted by Gasteiger charge is 2.10. The van der Waals surface area contributed by atoms with Crippen LogP contribution in [0, 0.1) is 11.7 Å². The molecule has 0 amide bonds. The van der Waals surface area contributed by atoms with Gasteiger partial charge in [-0.25, -0.2) is 9.37 Å². The van der Waals surface area contributed by atoms with Gasteiger partial charge in [0.2, 0.25) is 0 Å². The minimum atomic E-state index is -0.318. The maximum atomic E-state index is 13.7. The molecule has 0 saturated carbocycles. The number of benzene rings is 1. The van der Waals surface area contributed by atoms with Gasteiger partial charge in [0.15, 0.2) is 0 Å². The molecule has 5 heteroatoms. The van der Waals surface area contributed by atoms with Crippen molar-refractivity contribution in [2.45, 2.75) is 13.3 Å². The largest absolute Gasteiger partial charge is 0.342 e. The molecule has 3 nitrogen and oxygen atoms in total. The van der Waals surface area contributed by atoms with Crippen molar-refractivity contribution >= 4 is 11.6 Å². The zero-order valence-electron chi connectivity index (χ0n) is 10.1. The third-order valence-corrected chi connectivity index (χ3v) is 3.03. The van der Waals surface area contributed by atoms with Crippen LogP contribution in [-0.4, -0.2) is 16.5 Å². The van der Waals surface area contributed by atoms with Gasteiger partial charge >= 0.3 is 0 Å². The quantitative estimate of drug-likeness (QED) is 0.895. The van der Waals surface area contributed by atoms with Gasteiger partial charge in [-0.3, -0.25) is 0 Å². The van der Waals surface area contributed by atoms with Crippen LogP contribution in [0.5, 0.6) is 0 Å². The highest BCUT2D eigenvalue weighted by atomic mass is 35.5. The van der Waals surface area contributed by atoms with Crippen LogP contribution in [0.15, 0.2) is 24.4 Å². The normalized spacial score (nSPS) is 12.7. The lowest BCUT2D eigenvalue weighted by Gasteiger charge is -2.05. The van der Waals surface area contributed by atoms with E-state index in [-0.39, 0.29) is 5.82 Å². The van der Waals surface area contributed by atoms with Crippen LogP contribution in [0.1, 0.15) is 12.7 Å². The summed E-state index contributed by atoms with van der Waals surface area (Å²) in [4.78, 5) is 7.33. The van der Waals surface area contributed by atoms with Crippen molar-refractivity contribution in [1.29, 1.82) is 0 Å². The minimum Gasteiger partial charge on any atom is -0.342 e. The number of H-pyrrole nitrogens is 1. The molecule has 1 heterocycles. The number of imidazole rings is 1. The highest BCUT2D eigenvalue weighted by molar-refractivity contribution is 6.30. The number of nitrogens with two attached hydrogens (primary N) is 1. The molecule has 1 aromatic heterocycles. The molecule has 2 aromatic rings. The summed E-state index contributed by atoms with van der Waals surface area (Å²) in [6.45, 7) is 2.64. The van der Waals surface area contributed by atoms with E-state index in [4.69, 9.17) is 17.3 Å². The van der Waals surface area contributed by atoms with Crippen molar-refractivity contribution in [3.8, 4) is 11.3 Å². The smallest absolute Gasteiger partial charge is 0.132 e. The summed E-state index contributed by atoms with van der Waals surface area (Å²) in [6, 6.07) is 4.45. The van der Waals surface area contributed by atoms with Crippen LogP contribution in [0.4, 0.5) is 4.39 Å². The molecule has 96 valence electrons. The Morgan fingerprint density at radius 1 is 1.50 bits per heavy atom. The minimum absolute atomic E-state index is 0.318. The SMILES string of the molecule is CC(CN)Cc1ncc(-c2cc(Cl)ccc2F)[nH]1. The first kappa shape index (κ1) is 13.1. The lowest BCUT2D eigenvalue weighted by atomic mass is 10.1. The molecule has 1 aromatic carbocycles. The van der Waals surface area contributed by atoms with Crippen molar-refractivity contribution in [2.75, 3.05) is 6.54 Å². The van der Waals surface area contributed by atoms with E-state index >= 15 is 0 Å². The van der Waals surface area contributed by atoms with E-state index in [1.165, 1.54) is 12.1 Å². The van der Waals surface area contributed by atoms with Crippen molar-refractivity contribution in [2.24, 2.45) is 11.7 Å². The van der Waals surface area contributed by atoms with E-state index in [9.17, 15) is 4.39 Å². The van der Waals surface area contributed by atoms with Gasteiger partial charge in [-0.1, -0.05) is 18.5 Å². The molecule has 0 bridgehead atoms. The van der Waals surface area contributed by atoms with Gasteiger partial charge in [0.05, 0.1) is 11.9 Å². The number of aromatic nitrogens is 2. The third-order valence-electron chi connectivity index (χ3n) is 2.79. The Hall–Kier alpha value is -1.39. The number of aromatic amines is 1. The Kier molecular flexibility index (Phi) is 3.99. The number of hydrogen-bond acceptors (Lipinski definition) is 2. The zero-order valence-corrected chi connectivity index (χ0v) is 10.8. The van der Waals surface area contributed by atoms with E-state index in [1.807, 2.05) is 6.92 Å².